The molecule has 0 rings (SSSR count). The van der Waals surface area contributed by atoms with Crippen molar-refractivity contribution in [1.82, 2.24) is 0 Å². The molecule has 8 heavy (non-hydrogen) atoms. The first-order valence-electron chi connectivity index (χ1n) is 1.15. The van der Waals surface area contributed by atoms with Gasteiger partial charge >= 0.3 is 11.6 Å². The molecule has 0 saturated heterocycles. The molecule has 0 N–H and O–H groups in total. The molecular weight excluding hydrogens is 116 g/mol. The Hall–Kier alpha value is -1.26. The van der Waals surface area contributed by atoms with Crippen LogP contribution in [0.5, 0.6) is 0 Å². The number of carboxylic acid groups (broad SMARTS) is 2. The zero-order valence-corrected chi connectivity index (χ0v) is 3.70. The van der Waals surface area contributed by atoms with Crippen molar-refractivity contribution in [2.45, 2.75) is 0 Å². The number of carbonyl (C=O) groups excluding carboxylic acids is 3. The van der Waals surface area contributed by atoms with E-state index in [2.05, 4.69) is 6.79 Å². The van der Waals surface area contributed by atoms with Crippen LogP contribution in [0.4, 0.5) is 0 Å². The van der Waals surface area contributed by atoms with Crippen molar-refractivity contribution in [1.29, 1.82) is 0 Å². The average Bonchev–Trinajstić information content (AvgIpc) is 1.75. The van der Waals surface area contributed by atoms with E-state index < -0.39 is 12.9 Å². The first-order chi connectivity index (χ1) is 3.83. The predicted molar refractivity (Wildman–Crippen MR) is 17.8 cm³/mol. The van der Waals surface area contributed by atoms with Crippen LogP contribution in [0.1, 0.15) is 0 Å². The molecule has 0 fully saturated rings. The van der Waals surface area contributed by atoms with Gasteiger partial charge in [-0.25, -0.2) is 0 Å². The molecule has 0 amide bonds. The first kappa shape index (κ1) is 15.9. The molecule has 0 spiro atoms. The molecule has 0 atom stereocenters. The van der Waals surface area contributed by atoms with Crippen molar-refractivity contribution >= 4 is 19.7 Å². The predicted octanol–water partition coefficient (Wildman–Crippen LogP) is -3.66. The van der Waals surface area contributed by atoms with Gasteiger partial charge in [-0.3, -0.25) is 0 Å². The third kappa shape index (κ3) is 41.8. The number of hydrogen-bond acceptors (Lipinski definition) is 5. The number of rotatable bonds is 0. The van der Waals surface area contributed by atoms with Crippen LogP contribution in [0.3, 0.4) is 0 Å². The Bertz CT molecular complexity index is 36.9. The third-order valence-electron chi connectivity index (χ3n) is 0. The van der Waals surface area contributed by atoms with Crippen LogP contribution < -0.4 is 10.2 Å². The van der Waals surface area contributed by atoms with Crippen LogP contribution in [0.15, 0.2) is 0 Å². The Kier molecular flexibility index (Phi) is 467. The summed E-state index contributed by atoms with van der Waals surface area (Å²) in [5.74, 6) is 0. The summed E-state index contributed by atoms with van der Waals surface area (Å²) < 4.78 is 0. The Balaban J connectivity index is -0.0000000483. The zero-order valence-electron chi connectivity index (χ0n) is 3.70. The van der Waals surface area contributed by atoms with Gasteiger partial charge in [0.2, 0.25) is 0 Å². The fourth-order valence-corrected chi connectivity index (χ4v) is 0. The fraction of sp³-hybridized carbons (Fsp3) is 0. The molecule has 0 aromatic rings. The third-order valence-corrected chi connectivity index (χ3v) is 0. The number of carbonyl (C=O) groups is 2. The van der Waals surface area contributed by atoms with Gasteiger partial charge in [0.05, 0.1) is 0 Å². The molecule has 0 bridgehead atoms. The van der Waals surface area contributed by atoms with E-state index in [1.807, 2.05) is 0 Å². The monoisotopic (exact) mass is 118 g/mol. The molecule has 0 heterocycles. The van der Waals surface area contributed by atoms with Gasteiger partial charge in [0.25, 0.3) is 0 Å². The van der Waals surface area contributed by atoms with Crippen LogP contribution in [0.25, 0.3) is 0 Å². The van der Waals surface area contributed by atoms with Gasteiger partial charge in [-0.1, -0.05) is 0 Å². The average molecular weight is 118 g/mol. The molecule has 0 aliphatic carbocycles. The standard InChI is InChI=1S/2CH2O2.CO/c2*2-1-3;1-2/h2*1H,(H,2,3);/q;;+2/p-2. The topological polar surface area (TPSA) is 97.3 Å². The van der Waals surface area contributed by atoms with Crippen LogP contribution in [0.2, 0.25) is 0 Å². The molecule has 5 heteroatoms. The van der Waals surface area contributed by atoms with Crippen LogP contribution >= 0.6 is 0 Å². The molecule has 0 aromatic carbocycles. The van der Waals surface area contributed by atoms with E-state index in [1.165, 1.54) is 0 Å². The van der Waals surface area contributed by atoms with Gasteiger partial charge in [0, 0.05) is 12.9 Å². The van der Waals surface area contributed by atoms with Crippen molar-refractivity contribution in [2.75, 3.05) is 0 Å². The van der Waals surface area contributed by atoms with Gasteiger partial charge in [-0.15, -0.1) is 0 Å². The van der Waals surface area contributed by atoms with E-state index in [9.17, 15) is 0 Å². The Morgan fingerprint density at radius 3 is 1.00 bits per heavy atom. The van der Waals surface area contributed by atoms with E-state index in [1.54, 1.807) is 0 Å². The Labute approximate surface area is 45.6 Å². The maximum absolute atomic E-state index is 8.25. The molecule has 0 saturated carbocycles. The summed E-state index contributed by atoms with van der Waals surface area (Å²) in [7, 11) is 0. The summed E-state index contributed by atoms with van der Waals surface area (Å²) in [5, 5.41) is 16.5. The van der Waals surface area contributed by atoms with Crippen molar-refractivity contribution < 1.29 is 24.6 Å². The van der Waals surface area contributed by atoms with Crippen LogP contribution in [-0.4, -0.2) is 19.7 Å². The van der Waals surface area contributed by atoms with E-state index in [-0.39, 0.29) is 0 Å². The summed E-state index contributed by atoms with van der Waals surface area (Å²) >= 11 is 0. The molecule has 0 unspecified atom stereocenters. The van der Waals surface area contributed by atoms with Crippen molar-refractivity contribution in [2.24, 2.45) is 0 Å². The summed E-state index contributed by atoms with van der Waals surface area (Å²) in [4.78, 5) is 24.0. The van der Waals surface area contributed by atoms with Gasteiger partial charge < -0.3 is 19.8 Å². The second-order valence-electron chi connectivity index (χ2n) is 0.192. The number of hydrogen-bond donors (Lipinski definition) is 0. The zero-order chi connectivity index (χ0) is 7.41. The normalized spacial score (nSPS) is 3.75. The summed E-state index contributed by atoms with van der Waals surface area (Å²) in [5.41, 5.74) is 0. The molecule has 44 valence electrons. The van der Waals surface area contributed by atoms with Gasteiger partial charge in [-0.2, -0.15) is 0 Å². The molecular formula is C3H2O5. The fourth-order valence-electron chi connectivity index (χ4n) is 0. The summed E-state index contributed by atoms with van der Waals surface area (Å²) in [6.07, 6.45) is 0. The second-order valence-corrected chi connectivity index (χ2v) is 0.192. The van der Waals surface area contributed by atoms with Gasteiger partial charge in [-0.05, 0) is 0 Å². The SMILES string of the molecule is O=C[O-].O=C[O-].[C+2]=O. The molecule has 0 aromatic heterocycles. The quantitative estimate of drug-likeness (QED) is 0.305. The van der Waals surface area contributed by atoms with E-state index >= 15 is 0 Å². The molecule has 0 aliphatic rings. The van der Waals surface area contributed by atoms with E-state index in [0.29, 0.717) is 0 Å². The Morgan fingerprint density at radius 1 is 1.00 bits per heavy atom. The first-order valence-corrected chi connectivity index (χ1v) is 1.15. The second kappa shape index (κ2) is 236. The minimum absolute atomic E-state index is 0.500. The van der Waals surface area contributed by atoms with Crippen LogP contribution in [0, 0.1) is 0 Å². The minimum atomic E-state index is -0.500. The summed E-state index contributed by atoms with van der Waals surface area (Å²) in [6, 6.07) is 0. The molecule has 0 aliphatic heterocycles. The Morgan fingerprint density at radius 2 is 1.00 bits per heavy atom. The van der Waals surface area contributed by atoms with Crippen LogP contribution in [-0.2, 0) is 14.4 Å². The summed E-state index contributed by atoms with van der Waals surface area (Å²) in [6.45, 7) is 3.50. The maximum atomic E-state index is 8.25. The van der Waals surface area contributed by atoms with E-state index in [4.69, 9.17) is 24.6 Å². The van der Waals surface area contributed by atoms with Gasteiger partial charge in [0.15, 0.2) is 0 Å². The molecule has 0 radical (unpaired) electrons. The molecule has 5 nitrogen and oxygen atoms in total. The van der Waals surface area contributed by atoms with Crippen molar-refractivity contribution in [3.63, 3.8) is 0 Å². The van der Waals surface area contributed by atoms with Gasteiger partial charge in [0.1, 0.15) is 0 Å². The van der Waals surface area contributed by atoms with E-state index in [0.717, 1.165) is 0 Å². The van der Waals surface area contributed by atoms with Crippen molar-refractivity contribution in [3.05, 3.63) is 0 Å². The van der Waals surface area contributed by atoms with Crippen molar-refractivity contribution in [3.8, 4) is 0 Å².